The molecule has 0 aromatic carbocycles. The van der Waals surface area contributed by atoms with Crippen LogP contribution in [0.15, 0.2) is 0 Å². The van der Waals surface area contributed by atoms with Crippen molar-refractivity contribution in [1.29, 1.82) is 0 Å². The quantitative estimate of drug-likeness (QED) is 0.427. The van der Waals surface area contributed by atoms with Gasteiger partial charge in [-0.05, 0) is 30.9 Å². The first-order valence-electron chi connectivity index (χ1n) is 7.11. The second kappa shape index (κ2) is 10.4. The van der Waals surface area contributed by atoms with Crippen LogP contribution in [0.4, 0.5) is 13.2 Å². The molecule has 0 saturated heterocycles. The van der Waals surface area contributed by atoms with E-state index in [-0.39, 0.29) is 23.6 Å². The van der Waals surface area contributed by atoms with Crippen LogP contribution in [0.5, 0.6) is 0 Å². The lowest BCUT2D eigenvalue weighted by atomic mass is 10.2. The number of thioether (sulfide) groups is 1. The van der Waals surface area contributed by atoms with Crippen LogP contribution < -0.4 is 0 Å². The minimum atomic E-state index is -4.08. The fraction of sp³-hybridized carbons (Fsp3) is 0.929. The molecule has 0 amide bonds. The summed E-state index contributed by atoms with van der Waals surface area (Å²) in [4.78, 5) is 11.8. The van der Waals surface area contributed by atoms with Gasteiger partial charge in [-0.2, -0.15) is 13.2 Å². The van der Waals surface area contributed by atoms with Gasteiger partial charge >= 0.3 is 12.1 Å². The zero-order valence-electron chi connectivity index (χ0n) is 12.5. The molecule has 0 radical (unpaired) electrons. The smallest absolute Gasteiger partial charge is 0.389 e. The van der Waals surface area contributed by atoms with Crippen molar-refractivity contribution < 1.29 is 22.7 Å². The Kier molecular flexibility index (Phi) is 10.2. The maximum Gasteiger partial charge on any atom is 0.389 e. The van der Waals surface area contributed by atoms with Crippen LogP contribution >= 0.6 is 11.8 Å². The predicted molar refractivity (Wildman–Crippen MR) is 76.9 cm³/mol. The second-order valence-electron chi connectivity index (χ2n) is 5.24. The highest BCUT2D eigenvalue weighted by molar-refractivity contribution is 8.00. The highest BCUT2D eigenvalue weighted by atomic mass is 32.2. The minimum absolute atomic E-state index is 0.121. The molecule has 0 aliphatic carbocycles. The van der Waals surface area contributed by atoms with Crippen molar-refractivity contribution in [3.05, 3.63) is 0 Å². The average Bonchev–Trinajstić information content (AvgIpc) is 2.32. The van der Waals surface area contributed by atoms with Gasteiger partial charge in [0.25, 0.3) is 0 Å². The molecule has 20 heavy (non-hydrogen) atoms. The second-order valence-corrected chi connectivity index (χ2v) is 6.55. The number of hydrogen-bond donors (Lipinski definition) is 0. The number of alkyl halides is 3. The summed E-state index contributed by atoms with van der Waals surface area (Å²) in [5, 5.41) is -0.246. The zero-order chi connectivity index (χ0) is 15.6. The Morgan fingerprint density at radius 2 is 1.90 bits per heavy atom. The van der Waals surface area contributed by atoms with Crippen molar-refractivity contribution in [2.75, 3.05) is 12.4 Å². The van der Waals surface area contributed by atoms with Crippen LogP contribution in [0.3, 0.4) is 0 Å². The summed E-state index contributed by atoms with van der Waals surface area (Å²) < 4.78 is 41.1. The fourth-order valence-electron chi connectivity index (χ4n) is 1.53. The van der Waals surface area contributed by atoms with Gasteiger partial charge in [-0.15, -0.1) is 11.8 Å². The number of ether oxygens (including phenoxy) is 1. The van der Waals surface area contributed by atoms with Crippen LogP contribution in [0, 0.1) is 5.92 Å². The molecule has 0 N–H and O–H groups in total. The maximum atomic E-state index is 12.0. The van der Waals surface area contributed by atoms with E-state index in [9.17, 15) is 18.0 Å². The highest BCUT2D eigenvalue weighted by Gasteiger charge is 2.26. The molecule has 0 aromatic heterocycles. The predicted octanol–water partition coefficient (Wildman–Crippen LogP) is 4.82. The van der Waals surface area contributed by atoms with E-state index in [0.717, 1.165) is 6.42 Å². The number of carbonyl (C=O) groups is 1. The fourth-order valence-corrected chi connectivity index (χ4v) is 2.79. The molecule has 0 aliphatic heterocycles. The van der Waals surface area contributed by atoms with Gasteiger partial charge in [0.2, 0.25) is 0 Å². The standard InChI is InChI=1S/C14H25F3O2S/c1-4-7-12(13(18)19-10-11(2)3)20-9-6-5-8-14(15,16)17/h11-12H,4-10H2,1-3H3. The van der Waals surface area contributed by atoms with Crippen LogP contribution in [0.1, 0.15) is 52.9 Å². The summed E-state index contributed by atoms with van der Waals surface area (Å²) in [6, 6.07) is 0. The van der Waals surface area contributed by atoms with E-state index in [4.69, 9.17) is 4.74 Å². The first-order valence-corrected chi connectivity index (χ1v) is 8.16. The maximum absolute atomic E-state index is 12.0. The van der Waals surface area contributed by atoms with Gasteiger partial charge in [-0.25, -0.2) is 0 Å². The number of rotatable bonds is 10. The number of hydrogen-bond acceptors (Lipinski definition) is 3. The van der Waals surface area contributed by atoms with Gasteiger partial charge in [0.05, 0.1) is 6.61 Å². The summed E-state index contributed by atoms with van der Waals surface area (Å²) in [6.07, 6.45) is -2.66. The number of carbonyl (C=O) groups excluding carboxylic acids is 1. The summed E-state index contributed by atoms with van der Waals surface area (Å²) in [6.45, 7) is 6.30. The van der Waals surface area contributed by atoms with Gasteiger partial charge in [0.15, 0.2) is 0 Å². The minimum Gasteiger partial charge on any atom is -0.465 e. The van der Waals surface area contributed by atoms with Crippen molar-refractivity contribution in [3.63, 3.8) is 0 Å². The zero-order valence-corrected chi connectivity index (χ0v) is 13.3. The molecular formula is C14H25F3O2S. The molecule has 0 fully saturated rings. The summed E-state index contributed by atoms with van der Waals surface area (Å²) >= 11 is 1.41. The Hall–Kier alpha value is -0.390. The van der Waals surface area contributed by atoms with Gasteiger partial charge in [-0.3, -0.25) is 4.79 Å². The molecule has 0 saturated carbocycles. The SMILES string of the molecule is CCCC(SCCCCC(F)(F)F)C(=O)OCC(C)C. The third-order valence-corrected chi connectivity index (χ3v) is 3.90. The van der Waals surface area contributed by atoms with Gasteiger partial charge < -0.3 is 4.74 Å². The first kappa shape index (κ1) is 19.6. The number of unbranched alkanes of at least 4 members (excludes halogenated alkanes) is 1. The molecule has 0 bridgehead atoms. The van der Waals surface area contributed by atoms with Crippen LogP contribution in [-0.2, 0) is 9.53 Å². The molecule has 1 atom stereocenters. The van der Waals surface area contributed by atoms with E-state index in [1.165, 1.54) is 11.8 Å². The summed E-state index contributed by atoms with van der Waals surface area (Å²) in [5.74, 6) is 0.622. The van der Waals surface area contributed by atoms with E-state index in [1.54, 1.807) is 0 Å². The molecule has 120 valence electrons. The Morgan fingerprint density at radius 3 is 2.40 bits per heavy atom. The van der Waals surface area contributed by atoms with E-state index < -0.39 is 12.6 Å². The van der Waals surface area contributed by atoms with Gasteiger partial charge in [0, 0.05) is 6.42 Å². The van der Waals surface area contributed by atoms with Crippen molar-refractivity contribution in [3.8, 4) is 0 Å². The molecule has 0 spiro atoms. The molecule has 0 aromatic rings. The Balaban J connectivity index is 3.93. The average molecular weight is 314 g/mol. The lowest BCUT2D eigenvalue weighted by molar-refractivity contribution is -0.144. The third kappa shape index (κ3) is 11.4. The van der Waals surface area contributed by atoms with Crippen molar-refractivity contribution >= 4 is 17.7 Å². The molecule has 0 rings (SSSR count). The molecule has 1 unspecified atom stereocenters. The third-order valence-electron chi connectivity index (χ3n) is 2.55. The van der Waals surface area contributed by atoms with E-state index in [0.29, 0.717) is 25.2 Å². The van der Waals surface area contributed by atoms with Crippen molar-refractivity contribution in [2.24, 2.45) is 5.92 Å². The Bertz CT molecular complexity index is 268. The lowest BCUT2D eigenvalue weighted by Gasteiger charge is -2.16. The topological polar surface area (TPSA) is 26.3 Å². The Morgan fingerprint density at radius 1 is 1.25 bits per heavy atom. The van der Waals surface area contributed by atoms with Gasteiger partial charge in [-0.1, -0.05) is 27.2 Å². The first-order chi connectivity index (χ1) is 9.26. The molecular weight excluding hydrogens is 289 g/mol. The molecule has 2 nitrogen and oxygen atoms in total. The van der Waals surface area contributed by atoms with Crippen LogP contribution in [-0.4, -0.2) is 29.8 Å². The largest absolute Gasteiger partial charge is 0.465 e. The summed E-state index contributed by atoms with van der Waals surface area (Å²) in [5.41, 5.74) is 0. The molecule has 6 heteroatoms. The van der Waals surface area contributed by atoms with Crippen molar-refractivity contribution in [1.82, 2.24) is 0 Å². The van der Waals surface area contributed by atoms with Crippen molar-refractivity contribution in [2.45, 2.75) is 64.3 Å². The molecule has 0 heterocycles. The van der Waals surface area contributed by atoms with Crippen LogP contribution in [0.2, 0.25) is 0 Å². The van der Waals surface area contributed by atoms with E-state index >= 15 is 0 Å². The highest BCUT2D eigenvalue weighted by Crippen LogP contribution is 2.24. The molecule has 0 aliphatic rings. The monoisotopic (exact) mass is 314 g/mol. The normalized spacial score (nSPS) is 13.6. The Labute approximate surface area is 123 Å². The summed E-state index contributed by atoms with van der Waals surface area (Å²) in [7, 11) is 0. The number of halogens is 3. The van der Waals surface area contributed by atoms with E-state index in [1.807, 2.05) is 20.8 Å². The van der Waals surface area contributed by atoms with Gasteiger partial charge in [0.1, 0.15) is 5.25 Å². The van der Waals surface area contributed by atoms with E-state index in [2.05, 4.69) is 0 Å². The van der Waals surface area contributed by atoms with Crippen LogP contribution in [0.25, 0.3) is 0 Å². The number of esters is 1. The lowest BCUT2D eigenvalue weighted by Crippen LogP contribution is -2.22.